The van der Waals surface area contributed by atoms with Gasteiger partial charge < -0.3 is 10.1 Å². The van der Waals surface area contributed by atoms with E-state index in [2.05, 4.69) is 36.5 Å². The van der Waals surface area contributed by atoms with Gasteiger partial charge in [-0.3, -0.25) is 0 Å². The fraction of sp³-hybridized carbons (Fsp3) is 0.538. The van der Waals surface area contributed by atoms with Crippen molar-refractivity contribution in [2.24, 2.45) is 0 Å². The van der Waals surface area contributed by atoms with Gasteiger partial charge in [0.1, 0.15) is 0 Å². The molecule has 0 heterocycles. The number of ether oxygens (including phenoxy) is 1. The lowest BCUT2D eigenvalue weighted by Crippen LogP contribution is -2.19. The van der Waals surface area contributed by atoms with Crippen molar-refractivity contribution < 1.29 is 4.74 Å². The van der Waals surface area contributed by atoms with Crippen molar-refractivity contribution in [1.29, 1.82) is 0 Å². The van der Waals surface area contributed by atoms with Crippen molar-refractivity contribution in [3.8, 4) is 0 Å². The van der Waals surface area contributed by atoms with Crippen LogP contribution >= 0.6 is 11.8 Å². The van der Waals surface area contributed by atoms with Crippen LogP contribution in [0.25, 0.3) is 0 Å². The summed E-state index contributed by atoms with van der Waals surface area (Å²) in [4.78, 5) is 1.39. The van der Waals surface area contributed by atoms with Crippen molar-refractivity contribution in [2.75, 3.05) is 32.6 Å². The Kier molecular flexibility index (Phi) is 7.30. The largest absolute Gasteiger partial charge is 0.385 e. The molecular formula is C13H21NOS. The van der Waals surface area contributed by atoms with Gasteiger partial charge in [-0.25, -0.2) is 0 Å². The van der Waals surface area contributed by atoms with Crippen LogP contribution in [0.4, 0.5) is 0 Å². The molecule has 0 saturated heterocycles. The maximum absolute atomic E-state index is 4.99. The zero-order valence-corrected chi connectivity index (χ0v) is 11.0. The van der Waals surface area contributed by atoms with E-state index >= 15 is 0 Å². The average Bonchev–Trinajstić information content (AvgIpc) is 2.30. The van der Waals surface area contributed by atoms with Crippen molar-refractivity contribution in [3.05, 3.63) is 29.8 Å². The van der Waals surface area contributed by atoms with E-state index < -0.39 is 0 Å². The van der Waals surface area contributed by atoms with E-state index in [1.807, 2.05) is 11.8 Å². The number of thioether (sulfide) groups is 1. The molecular weight excluding hydrogens is 218 g/mol. The summed E-state index contributed by atoms with van der Waals surface area (Å²) in [6.45, 7) is 5.11. The summed E-state index contributed by atoms with van der Waals surface area (Å²) in [5, 5.41) is 3.41. The first-order valence-electron chi connectivity index (χ1n) is 5.72. The van der Waals surface area contributed by atoms with Gasteiger partial charge in [0.05, 0.1) is 0 Å². The van der Waals surface area contributed by atoms with E-state index in [0.717, 1.165) is 31.9 Å². The summed E-state index contributed by atoms with van der Waals surface area (Å²) < 4.78 is 4.99. The van der Waals surface area contributed by atoms with Gasteiger partial charge in [0.2, 0.25) is 0 Å². The van der Waals surface area contributed by atoms with Crippen molar-refractivity contribution in [3.63, 3.8) is 0 Å². The zero-order chi connectivity index (χ0) is 11.6. The highest BCUT2D eigenvalue weighted by Crippen LogP contribution is 2.20. The van der Waals surface area contributed by atoms with E-state index in [4.69, 9.17) is 4.74 Å². The Morgan fingerprint density at radius 1 is 1.25 bits per heavy atom. The van der Waals surface area contributed by atoms with E-state index in [1.165, 1.54) is 10.5 Å². The molecule has 0 unspecified atom stereocenters. The molecule has 0 bridgehead atoms. The van der Waals surface area contributed by atoms with E-state index in [0.29, 0.717) is 0 Å². The van der Waals surface area contributed by atoms with Crippen LogP contribution in [0.1, 0.15) is 12.0 Å². The first-order chi connectivity index (χ1) is 7.84. The lowest BCUT2D eigenvalue weighted by atomic mass is 10.2. The minimum atomic E-state index is 0.845. The number of benzene rings is 1. The molecule has 0 aromatic heterocycles. The monoisotopic (exact) mass is 239 g/mol. The Labute approximate surface area is 103 Å². The SMILES string of the molecule is COCCCNCCSc1ccccc1C. The molecule has 16 heavy (non-hydrogen) atoms. The van der Waals surface area contributed by atoms with Gasteiger partial charge in [0.15, 0.2) is 0 Å². The van der Waals surface area contributed by atoms with E-state index in [-0.39, 0.29) is 0 Å². The van der Waals surface area contributed by atoms with Crippen molar-refractivity contribution in [2.45, 2.75) is 18.2 Å². The number of hydrogen-bond acceptors (Lipinski definition) is 3. The Bertz CT molecular complexity index is 291. The molecule has 2 nitrogen and oxygen atoms in total. The molecule has 0 aliphatic rings. The Morgan fingerprint density at radius 3 is 2.81 bits per heavy atom. The molecule has 0 amide bonds. The minimum absolute atomic E-state index is 0.845. The zero-order valence-electron chi connectivity index (χ0n) is 10.2. The number of nitrogens with one attached hydrogen (secondary N) is 1. The lowest BCUT2D eigenvalue weighted by Gasteiger charge is -2.06. The van der Waals surface area contributed by atoms with Crippen LogP contribution in [0.5, 0.6) is 0 Å². The third-order valence-corrected chi connectivity index (χ3v) is 3.51. The Balaban J connectivity index is 2.05. The number of aryl methyl sites for hydroxylation is 1. The quantitative estimate of drug-likeness (QED) is 0.557. The first-order valence-corrected chi connectivity index (χ1v) is 6.71. The van der Waals surface area contributed by atoms with E-state index in [1.54, 1.807) is 7.11 Å². The first kappa shape index (κ1) is 13.6. The topological polar surface area (TPSA) is 21.3 Å². The summed E-state index contributed by atoms with van der Waals surface area (Å²) in [5.74, 6) is 1.12. The standard InChI is InChI=1S/C13H21NOS/c1-12-6-3-4-7-13(12)16-11-9-14-8-5-10-15-2/h3-4,6-7,14H,5,8-11H2,1-2H3. The van der Waals surface area contributed by atoms with E-state index in [9.17, 15) is 0 Å². The molecule has 0 saturated carbocycles. The molecule has 0 fully saturated rings. The second kappa shape index (κ2) is 8.62. The number of rotatable bonds is 8. The van der Waals surface area contributed by atoms with Crippen LogP contribution in [-0.2, 0) is 4.74 Å². The van der Waals surface area contributed by atoms with Gasteiger partial charge >= 0.3 is 0 Å². The van der Waals surface area contributed by atoms with Crippen LogP contribution < -0.4 is 5.32 Å². The van der Waals surface area contributed by atoms with Gasteiger partial charge in [-0.15, -0.1) is 11.8 Å². The molecule has 1 aromatic rings. The molecule has 1 rings (SSSR count). The molecule has 1 aromatic carbocycles. The van der Waals surface area contributed by atoms with Gasteiger partial charge in [0.25, 0.3) is 0 Å². The minimum Gasteiger partial charge on any atom is -0.385 e. The van der Waals surface area contributed by atoms with Gasteiger partial charge in [-0.05, 0) is 31.5 Å². The highest BCUT2D eigenvalue weighted by atomic mass is 32.2. The smallest absolute Gasteiger partial charge is 0.0474 e. The second-order valence-electron chi connectivity index (χ2n) is 3.71. The molecule has 0 aliphatic heterocycles. The van der Waals surface area contributed by atoms with Crippen molar-refractivity contribution >= 4 is 11.8 Å². The summed E-state index contributed by atoms with van der Waals surface area (Å²) in [6.07, 6.45) is 1.09. The third kappa shape index (κ3) is 5.54. The molecule has 90 valence electrons. The average molecular weight is 239 g/mol. The lowest BCUT2D eigenvalue weighted by molar-refractivity contribution is 0.194. The summed E-state index contributed by atoms with van der Waals surface area (Å²) in [5.41, 5.74) is 1.37. The van der Waals surface area contributed by atoms with Crippen LogP contribution in [0.3, 0.4) is 0 Å². The van der Waals surface area contributed by atoms with Crippen molar-refractivity contribution in [1.82, 2.24) is 5.32 Å². The van der Waals surface area contributed by atoms with Crippen LogP contribution in [0.15, 0.2) is 29.2 Å². The molecule has 3 heteroatoms. The highest BCUT2D eigenvalue weighted by molar-refractivity contribution is 7.99. The maximum Gasteiger partial charge on any atom is 0.0474 e. The number of hydrogen-bond donors (Lipinski definition) is 1. The van der Waals surface area contributed by atoms with Gasteiger partial charge in [0, 0.05) is 30.9 Å². The molecule has 0 atom stereocenters. The Hall–Kier alpha value is -0.510. The fourth-order valence-corrected chi connectivity index (χ4v) is 2.35. The Morgan fingerprint density at radius 2 is 2.06 bits per heavy atom. The summed E-state index contributed by atoms with van der Waals surface area (Å²) >= 11 is 1.92. The van der Waals surface area contributed by atoms with Crippen LogP contribution in [-0.4, -0.2) is 32.6 Å². The predicted molar refractivity (Wildman–Crippen MR) is 71.3 cm³/mol. The van der Waals surface area contributed by atoms with Crippen LogP contribution in [0, 0.1) is 6.92 Å². The number of methoxy groups -OCH3 is 1. The van der Waals surface area contributed by atoms with Gasteiger partial charge in [-0.2, -0.15) is 0 Å². The summed E-state index contributed by atoms with van der Waals surface area (Å²) in [6, 6.07) is 8.53. The maximum atomic E-state index is 4.99. The molecule has 0 spiro atoms. The molecule has 0 aliphatic carbocycles. The predicted octanol–water partition coefficient (Wildman–Crippen LogP) is 2.71. The fourth-order valence-electron chi connectivity index (χ4n) is 1.42. The van der Waals surface area contributed by atoms with Crippen LogP contribution in [0.2, 0.25) is 0 Å². The second-order valence-corrected chi connectivity index (χ2v) is 4.85. The molecule has 0 radical (unpaired) electrons. The molecule has 1 N–H and O–H groups in total. The normalized spacial score (nSPS) is 10.6. The van der Waals surface area contributed by atoms with Gasteiger partial charge in [-0.1, -0.05) is 18.2 Å². The highest BCUT2D eigenvalue weighted by Gasteiger charge is 1.96. The summed E-state index contributed by atoms with van der Waals surface area (Å²) in [7, 11) is 1.74. The third-order valence-electron chi connectivity index (χ3n) is 2.33.